The Kier molecular flexibility index (Phi) is 2.88. The topological polar surface area (TPSA) is 32.3 Å². The largest absolute Gasteiger partial charge is 0.340 e. The van der Waals surface area contributed by atoms with Crippen molar-refractivity contribution in [1.82, 2.24) is 10.2 Å². The van der Waals surface area contributed by atoms with Crippen molar-refractivity contribution in [3.8, 4) is 0 Å². The van der Waals surface area contributed by atoms with Crippen molar-refractivity contribution < 1.29 is 4.79 Å². The van der Waals surface area contributed by atoms with Gasteiger partial charge in [-0.1, -0.05) is 6.92 Å². The molecule has 3 heteroatoms. The van der Waals surface area contributed by atoms with Gasteiger partial charge in [-0.15, -0.1) is 0 Å². The molecular weight excluding hydrogens is 140 g/mol. The number of hydrogen-bond acceptors (Lipinski definition) is 2. The zero-order chi connectivity index (χ0) is 8.27. The van der Waals surface area contributed by atoms with Crippen LogP contribution in [0, 0.1) is 0 Å². The summed E-state index contributed by atoms with van der Waals surface area (Å²) < 4.78 is 0. The summed E-state index contributed by atoms with van der Waals surface area (Å²) in [5.41, 5.74) is 0. The number of carbonyl (C=O) groups excluding carboxylic acids is 1. The summed E-state index contributed by atoms with van der Waals surface area (Å²) in [5, 5.41) is 3.19. The first-order chi connectivity index (χ1) is 5.27. The van der Waals surface area contributed by atoms with Gasteiger partial charge in [-0.25, -0.2) is 0 Å². The quantitative estimate of drug-likeness (QED) is 0.620. The predicted octanol–water partition coefficient (Wildman–Crippen LogP) is 0.217. The Hall–Kier alpha value is -0.570. The van der Waals surface area contributed by atoms with Crippen LogP contribution in [0.5, 0.6) is 0 Å². The van der Waals surface area contributed by atoms with Crippen LogP contribution in [0.1, 0.15) is 20.3 Å². The second kappa shape index (κ2) is 3.72. The summed E-state index contributed by atoms with van der Waals surface area (Å²) >= 11 is 0. The maximum absolute atomic E-state index is 11.2. The van der Waals surface area contributed by atoms with Gasteiger partial charge in [0, 0.05) is 19.1 Å². The zero-order valence-corrected chi connectivity index (χ0v) is 7.26. The molecule has 0 aliphatic carbocycles. The Morgan fingerprint density at radius 3 is 2.91 bits per heavy atom. The number of piperazine rings is 1. The molecule has 1 aliphatic heterocycles. The van der Waals surface area contributed by atoms with Gasteiger partial charge in [0.25, 0.3) is 0 Å². The molecule has 0 saturated carbocycles. The van der Waals surface area contributed by atoms with Gasteiger partial charge in [0.1, 0.15) is 0 Å². The van der Waals surface area contributed by atoms with Crippen molar-refractivity contribution in [2.75, 3.05) is 19.6 Å². The van der Waals surface area contributed by atoms with E-state index in [0.29, 0.717) is 12.6 Å². The molecule has 1 heterocycles. The van der Waals surface area contributed by atoms with E-state index in [0.717, 1.165) is 19.5 Å². The summed E-state index contributed by atoms with van der Waals surface area (Å²) in [7, 11) is 0. The first kappa shape index (κ1) is 8.53. The van der Waals surface area contributed by atoms with E-state index in [1.54, 1.807) is 0 Å². The lowest BCUT2D eigenvalue weighted by Crippen LogP contribution is -2.53. The number of nitrogens with one attached hydrogen (secondary N) is 1. The van der Waals surface area contributed by atoms with Crippen molar-refractivity contribution in [3.63, 3.8) is 0 Å². The first-order valence-electron chi connectivity index (χ1n) is 4.29. The van der Waals surface area contributed by atoms with Gasteiger partial charge in [0.05, 0.1) is 6.54 Å². The molecule has 0 unspecified atom stereocenters. The molecule has 64 valence electrons. The summed E-state index contributed by atoms with van der Waals surface area (Å²) in [5.74, 6) is 0.234. The van der Waals surface area contributed by atoms with E-state index < -0.39 is 0 Å². The second-order valence-corrected chi connectivity index (χ2v) is 2.92. The monoisotopic (exact) mass is 156 g/mol. The molecule has 0 aromatic heterocycles. The van der Waals surface area contributed by atoms with Gasteiger partial charge in [0.2, 0.25) is 5.91 Å². The minimum atomic E-state index is 0.234. The third-order valence-electron chi connectivity index (χ3n) is 2.21. The van der Waals surface area contributed by atoms with Crippen LogP contribution in [-0.2, 0) is 4.79 Å². The lowest BCUT2D eigenvalue weighted by atomic mass is 10.1. The highest BCUT2D eigenvalue weighted by Crippen LogP contribution is 2.02. The highest BCUT2D eigenvalue weighted by Gasteiger charge is 2.21. The molecule has 1 saturated heterocycles. The molecule has 1 N–H and O–H groups in total. The number of carbonyl (C=O) groups is 1. The van der Waals surface area contributed by atoms with Crippen LogP contribution in [0.4, 0.5) is 0 Å². The summed E-state index contributed by atoms with van der Waals surface area (Å²) in [6, 6.07) is 0.507. The molecule has 1 amide bonds. The lowest BCUT2D eigenvalue weighted by molar-refractivity contribution is -0.132. The molecule has 1 atom stereocenters. The fourth-order valence-electron chi connectivity index (χ4n) is 1.35. The van der Waals surface area contributed by atoms with E-state index >= 15 is 0 Å². The third-order valence-corrected chi connectivity index (χ3v) is 2.21. The number of amides is 1. The average molecular weight is 156 g/mol. The van der Waals surface area contributed by atoms with Crippen molar-refractivity contribution in [2.45, 2.75) is 26.3 Å². The van der Waals surface area contributed by atoms with Gasteiger partial charge in [-0.3, -0.25) is 4.79 Å². The van der Waals surface area contributed by atoms with Crippen LogP contribution in [0.15, 0.2) is 0 Å². The normalized spacial score (nSPS) is 25.8. The molecule has 11 heavy (non-hydrogen) atoms. The van der Waals surface area contributed by atoms with E-state index in [9.17, 15) is 4.79 Å². The van der Waals surface area contributed by atoms with E-state index in [2.05, 4.69) is 12.2 Å². The predicted molar refractivity (Wildman–Crippen MR) is 44.3 cm³/mol. The average Bonchev–Trinajstić information content (AvgIpc) is 2.05. The SMILES string of the molecule is CC[C@@H]1CN(CC)C(=O)CN1. The highest BCUT2D eigenvalue weighted by molar-refractivity contribution is 5.79. The molecule has 0 aromatic rings. The molecular formula is C8H16N2O. The molecule has 0 bridgehead atoms. The molecule has 1 aliphatic rings. The zero-order valence-electron chi connectivity index (χ0n) is 7.26. The molecule has 0 aromatic carbocycles. The highest BCUT2D eigenvalue weighted by atomic mass is 16.2. The van der Waals surface area contributed by atoms with Crippen molar-refractivity contribution >= 4 is 5.91 Å². The van der Waals surface area contributed by atoms with Crippen molar-refractivity contribution in [3.05, 3.63) is 0 Å². The minimum Gasteiger partial charge on any atom is -0.340 e. The van der Waals surface area contributed by atoms with Crippen LogP contribution < -0.4 is 5.32 Å². The van der Waals surface area contributed by atoms with E-state index in [-0.39, 0.29) is 5.91 Å². The van der Waals surface area contributed by atoms with Crippen LogP contribution in [-0.4, -0.2) is 36.5 Å². The van der Waals surface area contributed by atoms with E-state index in [1.807, 2.05) is 11.8 Å². The van der Waals surface area contributed by atoms with Gasteiger partial charge in [-0.05, 0) is 13.3 Å². The second-order valence-electron chi connectivity index (χ2n) is 2.92. The number of likely N-dealkylation sites (N-methyl/N-ethyl adjacent to an activating group) is 1. The van der Waals surface area contributed by atoms with Gasteiger partial charge < -0.3 is 10.2 Å². The Labute approximate surface area is 67.8 Å². The van der Waals surface area contributed by atoms with Crippen LogP contribution in [0.3, 0.4) is 0 Å². The Morgan fingerprint density at radius 2 is 2.36 bits per heavy atom. The van der Waals surface area contributed by atoms with Crippen LogP contribution >= 0.6 is 0 Å². The van der Waals surface area contributed by atoms with Crippen LogP contribution in [0.2, 0.25) is 0 Å². The standard InChI is InChI=1S/C8H16N2O/c1-3-7-6-10(4-2)8(11)5-9-7/h7,9H,3-6H2,1-2H3/t7-/m1/s1. The third kappa shape index (κ3) is 1.93. The fourth-order valence-corrected chi connectivity index (χ4v) is 1.35. The minimum absolute atomic E-state index is 0.234. The van der Waals surface area contributed by atoms with Crippen LogP contribution in [0.25, 0.3) is 0 Å². The van der Waals surface area contributed by atoms with Gasteiger partial charge in [0.15, 0.2) is 0 Å². The summed E-state index contributed by atoms with van der Waals surface area (Å²) in [6.07, 6.45) is 1.10. The lowest BCUT2D eigenvalue weighted by Gasteiger charge is -2.32. The molecule has 3 nitrogen and oxygen atoms in total. The van der Waals surface area contributed by atoms with Crippen molar-refractivity contribution in [1.29, 1.82) is 0 Å². The molecule has 0 spiro atoms. The smallest absolute Gasteiger partial charge is 0.236 e. The van der Waals surface area contributed by atoms with E-state index in [4.69, 9.17) is 0 Å². The van der Waals surface area contributed by atoms with E-state index in [1.165, 1.54) is 0 Å². The maximum atomic E-state index is 11.2. The Bertz CT molecular complexity index is 147. The number of rotatable bonds is 2. The maximum Gasteiger partial charge on any atom is 0.236 e. The summed E-state index contributed by atoms with van der Waals surface area (Å²) in [6.45, 7) is 6.41. The number of nitrogens with zero attached hydrogens (tertiary/aromatic N) is 1. The fraction of sp³-hybridized carbons (Fsp3) is 0.875. The molecule has 1 rings (SSSR count). The van der Waals surface area contributed by atoms with Gasteiger partial charge >= 0.3 is 0 Å². The Morgan fingerprint density at radius 1 is 1.64 bits per heavy atom. The van der Waals surface area contributed by atoms with Gasteiger partial charge in [-0.2, -0.15) is 0 Å². The number of hydrogen-bond donors (Lipinski definition) is 1. The Balaban J connectivity index is 2.44. The molecule has 0 radical (unpaired) electrons. The first-order valence-corrected chi connectivity index (χ1v) is 4.29. The summed E-state index contributed by atoms with van der Waals surface area (Å²) in [4.78, 5) is 13.1. The molecule has 1 fully saturated rings. The van der Waals surface area contributed by atoms with Crippen molar-refractivity contribution in [2.24, 2.45) is 0 Å².